The first-order valence-electron chi connectivity index (χ1n) is 8.23. The van der Waals surface area contributed by atoms with Crippen LogP contribution in [0.4, 0.5) is 4.39 Å². The summed E-state index contributed by atoms with van der Waals surface area (Å²) in [4.78, 5) is 40.8. The van der Waals surface area contributed by atoms with Crippen molar-refractivity contribution in [3.63, 3.8) is 0 Å². The molecule has 0 atom stereocenters. The van der Waals surface area contributed by atoms with E-state index in [0.29, 0.717) is 5.06 Å². The summed E-state index contributed by atoms with van der Waals surface area (Å²) in [7, 11) is -3.84. The molecule has 1 aliphatic heterocycles. The van der Waals surface area contributed by atoms with Crippen molar-refractivity contribution in [1.29, 1.82) is 0 Å². The van der Waals surface area contributed by atoms with Crippen LogP contribution in [-0.2, 0) is 19.7 Å². The number of hydroxylamine groups is 2. The smallest absolute Gasteiger partial charge is 0.330 e. The summed E-state index contributed by atoms with van der Waals surface area (Å²) in [5.41, 5.74) is 0.291. The number of benzene rings is 2. The van der Waals surface area contributed by atoms with Gasteiger partial charge in [-0.25, -0.2) is 22.3 Å². The Morgan fingerprint density at radius 3 is 2.14 bits per heavy atom. The van der Waals surface area contributed by atoms with Gasteiger partial charge in [-0.1, -0.05) is 17.2 Å². The molecule has 0 bridgehead atoms. The second-order valence-electron chi connectivity index (χ2n) is 5.87. The first-order valence-corrected chi connectivity index (χ1v) is 9.72. The zero-order valence-electron chi connectivity index (χ0n) is 14.4. The highest BCUT2D eigenvalue weighted by Gasteiger charge is 2.38. The summed E-state index contributed by atoms with van der Waals surface area (Å²) in [6.07, 6.45) is -0.151. The number of amides is 2. The van der Waals surface area contributed by atoms with E-state index in [4.69, 9.17) is 4.84 Å². The van der Waals surface area contributed by atoms with Crippen LogP contribution in [0, 0.1) is 5.82 Å². The highest BCUT2D eigenvalue weighted by molar-refractivity contribution is 7.89. The molecule has 0 fully saturated rings. The fourth-order valence-corrected chi connectivity index (χ4v) is 3.61. The van der Waals surface area contributed by atoms with E-state index in [1.54, 1.807) is 12.1 Å². The predicted octanol–water partition coefficient (Wildman–Crippen LogP) is 1.64. The number of hydrogen-bond donors (Lipinski definition) is 1. The largest absolute Gasteiger partial charge is 0.333 e. The SMILES string of the molecule is O=C(CCCNS(=O)(=O)c1ccc(F)cc1)ON1C(=O)c2ccccc2C1=O. The molecule has 0 aromatic heterocycles. The molecule has 1 N–H and O–H groups in total. The summed E-state index contributed by atoms with van der Waals surface area (Å²) in [5, 5.41) is 0.398. The van der Waals surface area contributed by atoms with Crippen molar-refractivity contribution in [2.24, 2.45) is 0 Å². The van der Waals surface area contributed by atoms with E-state index in [-0.39, 0.29) is 35.4 Å². The lowest BCUT2D eigenvalue weighted by Crippen LogP contribution is -2.33. The second kappa shape index (κ2) is 7.87. The average Bonchev–Trinajstić information content (AvgIpc) is 2.91. The van der Waals surface area contributed by atoms with Crippen molar-refractivity contribution < 1.29 is 32.0 Å². The normalized spacial score (nSPS) is 13.5. The summed E-state index contributed by atoms with van der Waals surface area (Å²) in [5.74, 6) is -2.87. The number of imide groups is 1. The lowest BCUT2D eigenvalue weighted by molar-refractivity contribution is -0.168. The molecule has 0 aliphatic carbocycles. The maximum absolute atomic E-state index is 12.9. The third-order valence-electron chi connectivity index (χ3n) is 3.92. The van der Waals surface area contributed by atoms with E-state index < -0.39 is 33.6 Å². The first kappa shape index (κ1) is 19.6. The Balaban J connectivity index is 1.48. The van der Waals surface area contributed by atoms with Crippen molar-refractivity contribution in [1.82, 2.24) is 9.79 Å². The van der Waals surface area contributed by atoms with Crippen molar-refractivity contribution in [3.05, 3.63) is 65.5 Å². The monoisotopic (exact) mass is 406 g/mol. The van der Waals surface area contributed by atoms with Crippen LogP contribution in [0.15, 0.2) is 53.4 Å². The molecule has 0 saturated carbocycles. The number of hydrogen-bond acceptors (Lipinski definition) is 6. The molecule has 2 aromatic carbocycles. The zero-order valence-corrected chi connectivity index (χ0v) is 15.2. The number of rotatable bonds is 7. The minimum absolute atomic E-state index is 0.0719. The zero-order chi connectivity index (χ0) is 20.3. The first-order chi connectivity index (χ1) is 13.3. The van der Waals surface area contributed by atoms with Gasteiger partial charge in [-0.05, 0) is 42.8 Å². The van der Waals surface area contributed by atoms with Crippen LogP contribution in [0.2, 0.25) is 0 Å². The third-order valence-corrected chi connectivity index (χ3v) is 5.40. The molecule has 2 aromatic rings. The number of carbonyl (C=O) groups excluding carboxylic acids is 3. The number of halogens is 1. The molecule has 1 heterocycles. The fraction of sp³-hybridized carbons (Fsp3) is 0.167. The number of sulfonamides is 1. The van der Waals surface area contributed by atoms with E-state index in [0.717, 1.165) is 24.3 Å². The second-order valence-corrected chi connectivity index (χ2v) is 7.64. The van der Waals surface area contributed by atoms with Gasteiger partial charge in [0.2, 0.25) is 10.0 Å². The van der Waals surface area contributed by atoms with Gasteiger partial charge < -0.3 is 4.84 Å². The van der Waals surface area contributed by atoms with Crippen molar-refractivity contribution in [3.8, 4) is 0 Å². The molecule has 3 rings (SSSR count). The molecule has 146 valence electrons. The highest BCUT2D eigenvalue weighted by Crippen LogP contribution is 2.22. The topological polar surface area (TPSA) is 110 Å². The summed E-state index contributed by atoms with van der Waals surface area (Å²) >= 11 is 0. The van der Waals surface area contributed by atoms with Crippen molar-refractivity contribution in [2.45, 2.75) is 17.7 Å². The van der Waals surface area contributed by atoms with E-state index in [1.165, 1.54) is 12.1 Å². The van der Waals surface area contributed by atoms with Crippen LogP contribution >= 0.6 is 0 Å². The molecule has 0 unspecified atom stereocenters. The van der Waals surface area contributed by atoms with Gasteiger partial charge in [0.25, 0.3) is 11.8 Å². The molecule has 1 aliphatic rings. The van der Waals surface area contributed by atoms with E-state index in [1.807, 2.05) is 0 Å². The van der Waals surface area contributed by atoms with Crippen LogP contribution in [0.5, 0.6) is 0 Å². The lowest BCUT2D eigenvalue weighted by atomic mass is 10.1. The molecule has 0 saturated heterocycles. The highest BCUT2D eigenvalue weighted by atomic mass is 32.2. The lowest BCUT2D eigenvalue weighted by Gasteiger charge is -2.12. The van der Waals surface area contributed by atoms with E-state index in [9.17, 15) is 27.2 Å². The number of carbonyl (C=O) groups is 3. The van der Waals surface area contributed by atoms with E-state index in [2.05, 4.69) is 4.72 Å². The minimum Gasteiger partial charge on any atom is -0.330 e. The van der Waals surface area contributed by atoms with Gasteiger partial charge in [0.15, 0.2) is 0 Å². The van der Waals surface area contributed by atoms with Crippen LogP contribution in [0.3, 0.4) is 0 Å². The Bertz CT molecular complexity index is 1000. The predicted molar refractivity (Wildman–Crippen MR) is 93.9 cm³/mol. The number of nitrogens with zero attached hydrogens (tertiary/aromatic N) is 1. The van der Waals surface area contributed by atoms with Gasteiger partial charge in [0.05, 0.1) is 16.0 Å². The van der Waals surface area contributed by atoms with Gasteiger partial charge in [0.1, 0.15) is 5.82 Å². The summed E-state index contributed by atoms with van der Waals surface area (Å²) in [6.45, 7) is -0.0864. The van der Waals surface area contributed by atoms with Crippen molar-refractivity contribution >= 4 is 27.8 Å². The van der Waals surface area contributed by atoms with Gasteiger partial charge in [0, 0.05) is 13.0 Å². The van der Waals surface area contributed by atoms with Crippen molar-refractivity contribution in [2.75, 3.05) is 6.54 Å². The molecule has 10 heteroatoms. The Morgan fingerprint density at radius 1 is 1.00 bits per heavy atom. The summed E-state index contributed by atoms with van der Waals surface area (Å²) in [6, 6.07) is 10.4. The quantitative estimate of drug-likeness (QED) is 0.553. The molecule has 2 amide bonds. The molecule has 0 spiro atoms. The van der Waals surface area contributed by atoms with E-state index >= 15 is 0 Å². The third kappa shape index (κ3) is 4.07. The summed E-state index contributed by atoms with van der Waals surface area (Å²) < 4.78 is 39.2. The maximum Gasteiger partial charge on any atom is 0.333 e. The Morgan fingerprint density at radius 2 is 1.57 bits per heavy atom. The minimum atomic E-state index is -3.84. The van der Waals surface area contributed by atoms with Gasteiger partial charge >= 0.3 is 5.97 Å². The number of nitrogens with one attached hydrogen (secondary N) is 1. The average molecular weight is 406 g/mol. The van der Waals surface area contributed by atoms with Gasteiger partial charge in [-0.15, -0.1) is 0 Å². The number of fused-ring (bicyclic) bond motifs is 1. The van der Waals surface area contributed by atoms with Crippen LogP contribution < -0.4 is 4.72 Å². The Hall–Kier alpha value is -3.11. The van der Waals surface area contributed by atoms with Gasteiger partial charge in [-0.2, -0.15) is 0 Å². The standard InChI is InChI=1S/C18H15FN2O6S/c19-12-7-9-13(10-8-12)28(25,26)20-11-3-6-16(22)27-21-17(23)14-4-1-2-5-15(14)18(21)24/h1-2,4-5,7-10,20H,3,6,11H2. The molecule has 0 radical (unpaired) electrons. The Labute approximate surface area is 159 Å². The van der Waals surface area contributed by atoms with Crippen LogP contribution in [-0.4, -0.2) is 37.8 Å². The Kier molecular flexibility index (Phi) is 5.52. The van der Waals surface area contributed by atoms with Gasteiger partial charge in [-0.3, -0.25) is 9.59 Å². The molecular formula is C18H15FN2O6S. The maximum atomic E-state index is 12.9. The molecule has 8 nitrogen and oxygen atoms in total. The van der Waals surface area contributed by atoms with Crippen LogP contribution in [0.25, 0.3) is 0 Å². The fourth-order valence-electron chi connectivity index (χ4n) is 2.53. The molecule has 28 heavy (non-hydrogen) atoms. The van der Waals surface area contributed by atoms with Crippen LogP contribution in [0.1, 0.15) is 33.6 Å². The molecular weight excluding hydrogens is 391 g/mol.